The molecule has 2 unspecified atom stereocenters. The minimum atomic E-state index is -3.04. The van der Waals surface area contributed by atoms with E-state index < -0.39 is 10.0 Å². The molecule has 1 heterocycles. The predicted octanol–water partition coefficient (Wildman–Crippen LogP) is 1.65. The van der Waals surface area contributed by atoms with Crippen LogP contribution in [0.4, 0.5) is 0 Å². The van der Waals surface area contributed by atoms with E-state index >= 15 is 0 Å². The van der Waals surface area contributed by atoms with Crippen molar-refractivity contribution in [1.29, 1.82) is 0 Å². The van der Waals surface area contributed by atoms with Crippen LogP contribution in [-0.4, -0.2) is 30.5 Å². The highest BCUT2D eigenvalue weighted by Gasteiger charge is 2.29. The number of alkyl halides is 1. The smallest absolute Gasteiger partial charge is 0.211 e. The Morgan fingerprint density at radius 2 is 1.77 bits per heavy atom. The van der Waals surface area contributed by atoms with Crippen LogP contribution in [0.25, 0.3) is 0 Å². The zero-order chi connectivity index (χ0) is 10.1. The SMILES string of the molecule is CC1CC(C)CN(S(=O)(=O)CBr)C1. The molecule has 0 aromatic rings. The van der Waals surface area contributed by atoms with Gasteiger partial charge in [0.05, 0.1) is 0 Å². The maximum absolute atomic E-state index is 11.5. The van der Waals surface area contributed by atoms with Gasteiger partial charge in [0.15, 0.2) is 0 Å². The molecule has 2 atom stereocenters. The van der Waals surface area contributed by atoms with Crippen molar-refractivity contribution in [3.05, 3.63) is 0 Å². The molecule has 1 aliphatic rings. The molecule has 1 saturated heterocycles. The van der Waals surface area contributed by atoms with E-state index in [0.717, 1.165) is 6.42 Å². The van der Waals surface area contributed by atoms with E-state index in [4.69, 9.17) is 0 Å². The van der Waals surface area contributed by atoms with Crippen LogP contribution in [0.1, 0.15) is 20.3 Å². The van der Waals surface area contributed by atoms with Gasteiger partial charge in [-0.1, -0.05) is 29.8 Å². The lowest BCUT2D eigenvalue weighted by Gasteiger charge is -2.33. The maximum Gasteiger partial charge on any atom is 0.224 e. The average molecular weight is 270 g/mol. The summed E-state index contributed by atoms with van der Waals surface area (Å²) in [6.45, 7) is 5.56. The summed E-state index contributed by atoms with van der Waals surface area (Å²) in [5.41, 5.74) is 0. The Morgan fingerprint density at radius 3 is 2.15 bits per heavy atom. The summed E-state index contributed by atoms with van der Waals surface area (Å²) in [5, 5.41) is 0. The van der Waals surface area contributed by atoms with E-state index in [2.05, 4.69) is 29.8 Å². The van der Waals surface area contributed by atoms with Crippen molar-refractivity contribution >= 4 is 26.0 Å². The minimum absolute atomic E-state index is 0.0411. The van der Waals surface area contributed by atoms with Crippen LogP contribution in [-0.2, 0) is 10.0 Å². The number of sulfonamides is 1. The molecule has 78 valence electrons. The molecule has 1 fully saturated rings. The number of piperidine rings is 1. The Kier molecular flexibility index (Phi) is 3.77. The van der Waals surface area contributed by atoms with Gasteiger partial charge >= 0.3 is 0 Å². The van der Waals surface area contributed by atoms with Crippen molar-refractivity contribution in [2.75, 3.05) is 17.8 Å². The second-order valence-electron chi connectivity index (χ2n) is 3.98. The minimum Gasteiger partial charge on any atom is -0.211 e. The first kappa shape index (κ1) is 11.5. The zero-order valence-corrected chi connectivity index (χ0v) is 10.4. The van der Waals surface area contributed by atoms with Gasteiger partial charge in [-0.05, 0) is 18.3 Å². The van der Waals surface area contributed by atoms with Gasteiger partial charge in [0, 0.05) is 13.1 Å². The molecule has 0 amide bonds. The van der Waals surface area contributed by atoms with E-state index in [-0.39, 0.29) is 4.66 Å². The van der Waals surface area contributed by atoms with Gasteiger partial charge in [0.25, 0.3) is 0 Å². The molecule has 1 rings (SSSR count). The lowest BCUT2D eigenvalue weighted by molar-refractivity contribution is 0.223. The van der Waals surface area contributed by atoms with Crippen LogP contribution in [0.15, 0.2) is 0 Å². The molecule has 0 aromatic heterocycles. The predicted molar refractivity (Wildman–Crippen MR) is 57.2 cm³/mol. The number of hydrogen-bond acceptors (Lipinski definition) is 2. The highest BCUT2D eigenvalue weighted by Crippen LogP contribution is 2.23. The number of halogens is 1. The van der Waals surface area contributed by atoms with E-state index in [1.165, 1.54) is 0 Å². The summed E-state index contributed by atoms with van der Waals surface area (Å²) in [4.78, 5) is 0. The third-order valence-electron chi connectivity index (χ3n) is 2.37. The highest BCUT2D eigenvalue weighted by atomic mass is 79.9. The van der Waals surface area contributed by atoms with Gasteiger partial charge in [-0.15, -0.1) is 0 Å². The maximum atomic E-state index is 11.5. The Bertz CT molecular complexity index is 255. The van der Waals surface area contributed by atoms with Gasteiger partial charge in [0.2, 0.25) is 10.0 Å². The molecule has 1 aliphatic heterocycles. The fourth-order valence-electron chi connectivity index (χ4n) is 1.90. The number of nitrogens with zero attached hydrogens (tertiary/aromatic N) is 1. The number of hydrogen-bond donors (Lipinski definition) is 0. The molecular weight excluding hydrogens is 254 g/mol. The molecule has 13 heavy (non-hydrogen) atoms. The average Bonchev–Trinajstić information content (AvgIpc) is 2.02. The lowest BCUT2D eigenvalue weighted by Crippen LogP contribution is -2.42. The summed E-state index contributed by atoms with van der Waals surface area (Å²) in [6.07, 6.45) is 1.13. The van der Waals surface area contributed by atoms with Crippen molar-refractivity contribution in [3.8, 4) is 0 Å². The van der Waals surface area contributed by atoms with Crippen LogP contribution in [0.2, 0.25) is 0 Å². The first-order valence-corrected chi connectivity index (χ1v) is 7.22. The Hall–Kier alpha value is 0.390. The zero-order valence-electron chi connectivity index (χ0n) is 8.03. The molecule has 0 aliphatic carbocycles. The Morgan fingerprint density at radius 1 is 1.31 bits per heavy atom. The summed E-state index contributed by atoms with van der Waals surface area (Å²) in [6, 6.07) is 0. The third kappa shape index (κ3) is 2.92. The Balaban J connectivity index is 2.71. The van der Waals surface area contributed by atoms with Crippen LogP contribution >= 0.6 is 15.9 Å². The van der Waals surface area contributed by atoms with E-state index in [9.17, 15) is 8.42 Å². The second-order valence-corrected chi connectivity index (χ2v) is 7.26. The van der Waals surface area contributed by atoms with Gasteiger partial charge in [-0.3, -0.25) is 0 Å². The number of rotatable bonds is 2. The van der Waals surface area contributed by atoms with Crippen molar-refractivity contribution in [1.82, 2.24) is 4.31 Å². The molecule has 0 aromatic carbocycles. The summed E-state index contributed by atoms with van der Waals surface area (Å²) >= 11 is 3.02. The molecule has 3 nitrogen and oxygen atoms in total. The van der Waals surface area contributed by atoms with Crippen molar-refractivity contribution in [2.45, 2.75) is 20.3 Å². The van der Waals surface area contributed by atoms with Crippen molar-refractivity contribution in [2.24, 2.45) is 11.8 Å². The van der Waals surface area contributed by atoms with Crippen LogP contribution < -0.4 is 0 Å². The summed E-state index contributed by atoms with van der Waals surface area (Å²) in [5.74, 6) is 0.968. The highest BCUT2D eigenvalue weighted by molar-refractivity contribution is 9.10. The second kappa shape index (κ2) is 4.28. The van der Waals surface area contributed by atoms with Crippen molar-refractivity contribution in [3.63, 3.8) is 0 Å². The molecule has 5 heteroatoms. The van der Waals surface area contributed by atoms with E-state index in [0.29, 0.717) is 24.9 Å². The first-order valence-electron chi connectivity index (χ1n) is 4.49. The molecular formula is C8H16BrNO2S. The van der Waals surface area contributed by atoms with E-state index in [1.54, 1.807) is 4.31 Å². The summed E-state index contributed by atoms with van der Waals surface area (Å²) < 4.78 is 24.7. The van der Waals surface area contributed by atoms with Gasteiger partial charge in [0.1, 0.15) is 4.66 Å². The standard InChI is InChI=1S/C8H16BrNO2S/c1-7-3-8(2)5-10(4-7)13(11,12)6-9/h7-8H,3-6H2,1-2H3. The molecule has 0 radical (unpaired) electrons. The van der Waals surface area contributed by atoms with Crippen LogP contribution in [0.3, 0.4) is 0 Å². The lowest BCUT2D eigenvalue weighted by atomic mass is 9.94. The normalized spacial score (nSPS) is 31.9. The molecule has 0 bridgehead atoms. The quantitative estimate of drug-likeness (QED) is 0.715. The van der Waals surface area contributed by atoms with Crippen LogP contribution in [0.5, 0.6) is 0 Å². The fraction of sp³-hybridized carbons (Fsp3) is 1.00. The topological polar surface area (TPSA) is 37.4 Å². The molecule has 0 saturated carbocycles. The molecule has 0 spiro atoms. The summed E-state index contributed by atoms with van der Waals surface area (Å²) in [7, 11) is -3.04. The third-order valence-corrected chi connectivity index (χ3v) is 5.46. The fourth-order valence-corrected chi connectivity index (χ4v) is 3.87. The monoisotopic (exact) mass is 269 g/mol. The van der Waals surface area contributed by atoms with Gasteiger partial charge < -0.3 is 0 Å². The van der Waals surface area contributed by atoms with Gasteiger partial charge in [-0.25, -0.2) is 12.7 Å². The molecule has 0 N–H and O–H groups in total. The first-order chi connectivity index (χ1) is 5.95. The van der Waals surface area contributed by atoms with Gasteiger partial charge in [-0.2, -0.15) is 0 Å². The largest absolute Gasteiger partial charge is 0.224 e. The van der Waals surface area contributed by atoms with Crippen LogP contribution in [0, 0.1) is 11.8 Å². The van der Waals surface area contributed by atoms with E-state index in [1.807, 2.05) is 0 Å². The van der Waals surface area contributed by atoms with Crippen molar-refractivity contribution < 1.29 is 8.42 Å². The Labute approximate surface area is 88.7 Å².